The quantitative estimate of drug-likeness (QED) is 0.682. The standard InChI is InChI=1S/C13H27N3O2/c1-13(14,12(17)18)6-3-4-8-16-9-5-7-15(2)10-11-16/h3-11,14H2,1-2H3,(H,17,18). The summed E-state index contributed by atoms with van der Waals surface area (Å²) in [5.41, 5.74) is 4.63. The molecule has 1 fully saturated rings. The number of rotatable bonds is 6. The fourth-order valence-corrected chi connectivity index (χ4v) is 2.26. The lowest BCUT2D eigenvalue weighted by atomic mass is 9.96. The topological polar surface area (TPSA) is 69.8 Å². The SMILES string of the molecule is CN1CCCN(CCCCC(C)(N)C(=O)O)CC1. The van der Waals surface area contributed by atoms with Crippen LogP contribution in [0.15, 0.2) is 0 Å². The molecule has 106 valence electrons. The number of nitrogens with two attached hydrogens (primary N) is 1. The van der Waals surface area contributed by atoms with Gasteiger partial charge in [-0.3, -0.25) is 4.79 Å². The molecule has 0 radical (unpaired) electrons. The molecule has 0 aliphatic carbocycles. The fraction of sp³-hybridized carbons (Fsp3) is 0.923. The molecule has 18 heavy (non-hydrogen) atoms. The van der Waals surface area contributed by atoms with Crippen molar-refractivity contribution >= 4 is 5.97 Å². The largest absolute Gasteiger partial charge is 0.480 e. The van der Waals surface area contributed by atoms with Crippen LogP contribution >= 0.6 is 0 Å². The molecule has 1 atom stereocenters. The summed E-state index contributed by atoms with van der Waals surface area (Å²) < 4.78 is 0. The third-order valence-electron chi connectivity index (χ3n) is 3.72. The number of hydrogen-bond donors (Lipinski definition) is 2. The molecule has 1 saturated heterocycles. The average Bonchev–Trinajstić information content (AvgIpc) is 2.49. The molecule has 1 aliphatic rings. The van der Waals surface area contributed by atoms with Crippen LogP contribution in [-0.2, 0) is 4.79 Å². The minimum atomic E-state index is -1.07. The second kappa shape index (κ2) is 7.07. The molecule has 0 bridgehead atoms. The number of likely N-dealkylation sites (N-methyl/N-ethyl adjacent to an activating group) is 1. The minimum absolute atomic E-state index is 0.552. The van der Waals surface area contributed by atoms with Crippen molar-refractivity contribution in [2.24, 2.45) is 5.73 Å². The maximum atomic E-state index is 10.9. The van der Waals surface area contributed by atoms with E-state index < -0.39 is 11.5 Å². The van der Waals surface area contributed by atoms with Gasteiger partial charge in [-0.05, 0) is 59.3 Å². The summed E-state index contributed by atoms with van der Waals surface area (Å²) in [6.45, 7) is 7.23. The van der Waals surface area contributed by atoms with Crippen molar-refractivity contribution in [3.63, 3.8) is 0 Å². The molecule has 5 heteroatoms. The van der Waals surface area contributed by atoms with Gasteiger partial charge < -0.3 is 20.6 Å². The zero-order chi connectivity index (χ0) is 13.6. The third-order valence-corrected chi connectivity index (χ3v) is 3.72. The first kappa shape index (κ1) is 15.4. The average molecular weight is 257 g/mol. The minimum Gasteiger partial charge on any atom is -0.480 e. The van der Waals surface area contributed by atoms with Crippen LogP contribution in [0.25, 0.3) is 0 Å². The molecule has 0 aromatic heterocycles. The van der Waals surface area contributed by atoms with Crippen molar-refractivity contribution in [3.8, 4) is 0 Å². The second-order valence-electron chi connectivity index (χ2n) is 5.68. The lowest BCUT2D eigenvalue weighted by Gasteiger charge is -2.22. The predicted molar refractivity (Wildman–Crippen MR) is 72.6 cm³/mol. The Morgan fingerprint density at radius 1 is 1.28 bits per heavy atom. The molecule has 0 aromatic rings. The Kier molecular flexibility index (Phi) is 6.05. The first-order valence-electron chi connectivity index (χ1n) is 6.85. The van der Waals surface area contributed by atoms with E-state index in [2.05, 4.69) is 16.8 Å². The van der Waals surface area contributed by atoms with E-state index in [9.17, 15) is 4.79 Å². The Hall–Kier alpha value is -0.650. The van der Waals surface area contributed by atoms with Crippen LogP contribution in [0.3, 0.4) is 0 Å². The summed E-state index contributed by atoms with van der Waals surface area (Å²) in [5.74, 6) is -0.904. The van der Waals surface area contributed by atoms with Gasteiger partial charge in [0, 0.05) is 13.1 Å². The molecule has 3 N–H and O–H groups in total. The number of hydrogen-bond acceptors (Lipinski definition) is 4. The smallest absolute Gasteiger partial charge is 0.323 e. The molecular weight excluding hydrogens is 230 g/mol. The van der Waals surface area contributed by atoms with Gasteiger partial charge in [-0.25, -0.2) is 0 Å². The Morgan fingerprint density at radius 2 is 2.00 bits per heavy atom. The van der Waals surface area contributed by atoms with Crippen molar-refractivity contribution in [1.82, 2.24) is 9.80 Å². The first-order chi connectivity index (χ1) is 8.42. The number of carbonyl (C=O) groups is 1. The van der Waals surface area contributed by atoms with Gasteiger partial charge in [-0.2, -0.15) is 0 Å². The van der Waals surface area contributed by atoms with Gasteiger partial charge in [0.25, 0.3) is 0 Å². The molecule has 1 rings (SSSR count). The van der Waals surface area contributed by atoms with Gasteiger partial charge >= 0.3 is 5.97 Å². The van der Waals surface area contributed by atoms with E-state index >= 15 is 0 Å². The first-order valence-corrected chi connectivity index (χ1v) is 6.85. The maximum Gasteiger partial charge on any atom is 0.323 e. The number of nitrogens with zero attached hydrogens (tertiary/aromatic N) is 2. The van der Waals surface area contributed by atoms with Crippen molar-refractivity contribution < 1.29 is 9.90 Å². The molecule has 0 aromatic carbocycles. The Labute approximate surface area is 110 Å². The van der Waals surface area contributed by atoms with E-state index in [0.717, 1.165) is 39.0 Å². The lowest BCUT2D eigenvalue weighted by Crippen LogP contribution is -2.44. The summed E-state index contributed by atoms with van der Waals surface area (Å²) in [6, 6.07) is 0. The van der Waals surface area contributed by atoms with Gasteiger partial charge in [0.2, 0.25) is 0 Å². The Balaban J connectivity index is 2.16. The zero-order valence-corrected chi connectivity index (χ0v) is 11.7. The highest BCUT2D eigenvalue weighted by Gasteiger charge is 2.26. The Bertz CT molecular complexity index is 269. The third kappa shape index (κ3) is 5.33. The predicted octanol–water partition coefficient (Wildman–Crippen LogP) is 0.596. The van der Waals surface area contributed by atoms with Gasteiger partial charge in [0.05, 0.1) is 0 Å². The number of unbranched alkanes of at least 4 members (excludes halogenated alkanes) is 1. The molecule has 1 unspecified atom stereocenters. The number of carboxylic acid groups (broad SMARTS) is 1. The normalized spacial score (nSPS) is 22.4. The lowest BCUT2D eigenvalue weighted by molar-refractivity contribution is -0.142. The van der Waals surface area contributed by atoms with Crippen molar-refractivity contribution in [2.75, 3.05) is 39.8 Å². The van der Waals surface area contributed by atoms with E-state index in [1.54, 1.807) is 6.92 Å². The summed E-state index contributed by atoms with van der Waals surface area (Å²) in [5, 5.41) is 8.91. The summed E-state index contributed by atoms with van der Waals surface area (Å²) in [6.07, 6.45) is 3.69. The van der Waals surface area contributed by atoms with Crippen LogP contribution in [0, 0.1) is 0 Å². The highest BCUT2D eigenvalue weighted by Crippen LogP contribution is 2.12. The molecule has 1 heterocycles. The van der Waals surface area contributed by atoms with Crippen LogP contribution in [0.5, 0.6) is 0 Å². The molecular formula is C13H27N3O2. The van der Waals surface area contributed by atoms with Gasteiger partial charge in [0.1, 0.15) is 5.54 Å². The van der Waals surface area contributed by atoms with Crippen molar-refractivity contribution in [2.45, 2.75) is 38.1 Å². The van der Waals surface area contributed by atoms with Crippen LogP contribution in [-0.4, -0.2) is 66.2 Å². The van der Waals surface area contributed by atoms with E-state index in [-0.39, 0.29) is 0 Å². The monoisotopic (exact) mass is 257 g/mol. The molecule has 5 nitrogen and oxygen atoms in total. The van der Waals surface area contributed by atoms with Crippen LogP contribution in [0.4, 0.5) is 0 Å². The van der Waals surface area contributed by atoms with Crippen LogP contribution in [0.2, 0.25) is 0 Å². The van der Waals surface area contributed by atoms with Gasteiger partial charge in [0.15, 0.2) is 0 Å². The second-order valence-corrected chi connectivity index (χ2v) is 5.68. The molecule has 0 saturated carbocycles. The van der Waals surface area contributed by atoms with E-state index in [0.29, 0.717) is 6.42 Å². The number of aliphatic carboxylic acids is 1. The highest BCUT2D eigenvalue weighted by atomic mass is 16.4. The van der Waals surface area contributed by atoms with Gasteiger partial charge in [-0.1, -0.05) is 0 Å². The van der Waals surface area contributed by atoms with Crippen molar-refractivity contribution in [3.05, 3.63) is 0 Å². The number of carboxylic acids is 1. The maximum absolute atomic E-state index is 10.9. The summed E-state index contributed by atoms with van der Waals surface area (Å²) in [4.78, 5) is 15.7. The highest BCUT2D eigenvalue weighted by molar-refractivity contribution is 5.77. The Morgan fingerprint density at radius 3 is 2.67 bits per heavy atom. The van der Waals surface area contributed by atoms with Crippen LogP contribution in [0.1, 0.15) is 32.6 Å². The van der Waals surface area contributed by atoms with Gasteiger partial charge in [-0.15, -0.1) is 0 Å². The molecule has 1 aliphatic heterocycles. The van der Waals surface area contributed by atoms with Crippen molar-refractivity contribution in [1.29, 1.82) is 0 Å². The summed E-state index contributed by atoms with van der Waals surface area (Å²) >= 11 is 0. The van der Waals surface area contributed by atoms with Crippen LogP contribution < -0.4 is 5.73 Å². The van der Waals surface area contributed by atoms with E-state index in [4.69, 9.17) is 10.8 Å². The molecule has 0 spiro atoms. The summed E-state index contributed by atoms with van der Waals surface area (Å²) in [7, 11) is 2.16. The van der Waals surface area contributed by atoms with E-state index in [1.165, 1.54) is 13.0 Å². The molecule has 0 amide bonds. The van der Waals surface area contributed by atoms with E-state index in [1.807, 2.05) is 0 Å². The zero-order valence-electron chi connectivity index (χ0n) is 11.7. The fourth-order valence-electron chi connectivity index (χ4n) is 2.26.